The van der Waals surface area contributed by atoms with Gasteiger partial charge in [0.15, 0.2) is 0 Å². The number of hydrogen-bond donors (Lipinski definition) is 0. The normalized spacial score (nSPS) is 20.8. The van der Waals surface area contributed by atoms with Crippen LogP contribution in [0.25, 0.3) is 0 Å². The molecule has 0 N–H and O–H groups in total. The molecule has 0 aliphatic carbocycles. The molecule has 0 aromatic rings. The van der Waals surface area contributed by atoms with E-state index in [0.29, 0.717) is 12.1 Å². The Kier molecular flexibility index (Phi) is 7.20. The molecule has 3 nitrogen and oxygen atoms in total. The van der Waals surface area contributed by atoms with Gasteiger partial charge >= 0.3 is 0 Å². The zero-order valence-electron chi connectivity index (χ0n) is 13.0. The lowest BCUT2D eigenvalue weighted by atomic mass is 10.2. The second-order valence-electron chi connectivity index (χ2n) is 6.35. The van der Waals surface area contributed by atoms with Gasteiger partial charge in [-0.05, 0) is 52.7 Å². The van der Waals surface area contributed by atoms with Gasteiger partial charge in [-0.1, -0.05) is 13.8 Å². The Morgan fingerprint density at radius 1 is 1.06 bits per heavy atom. The van der Waals surface area contributed by atoms with Crippen molar-refractivity contribution in [1.82, 2.24) is 9.80 Å². The molecule has 0 saturated carbocycles. The van der Waals surface area contributed by atoms with E-state index in [2.05, 4.69) is 44.5 Å². The summed E-state index contributed by atoms with van der Waals surface area (Å²) in [5, 5.41) is 0. The van der Waals surface area contributed by atoms with Gasteiger partial charge in [-0.3, -0.25) is 4.90 Å². The summed E-state index contributed by atoms with van der Waals surface area (Å²) >= 11 is 0. The van der Waals surface area contributed by atoms with E-state index in [1.807, 2.05) is 0 Å². The molecule has 0 spiro atoms. The standard InChI is InChI=1S/C15H32N2O/c1-13(2)10-16(5)11-15(4)18-12-14(3)17-8-6-7-9-17/h13-15H,6-12H2,1-5H3. The zero-order chi connectivity index (χ0) is 13.5. The molecule has 108 valence electrons. The second kappa shape index (κ2) is 8.13. The fourth-order valence-electron chi connectivity index (χ4n) is 2.78. The summed E-state index contributed by atoms with van der Waals surface area (Å²) in [4.78, 5) is 4.92. The van der Waals surface area contributed by atoms with Crippen molar-refractivity contribution in [2.75, 3.05) is 39.8 Å². The predicted molar refractivity (Wildman–Crippen MR) is 78.0 cm³/mol. The molecule has 1 rings (SSSR count). The van der Waals surface area contributed by atoms with Crippen molar-refractivity contribution in [3.63, 3.8) is 0 Å². The minimum atomic E-state index is 0.332. The molecule has 0 aromatic carbocycles. The Hall–Kier alpha value is -0.120. The fourth-order valence-corrected chi connectivity index (χ4v) is 2.78. The van der Waals surface area contributed by atoms with Crippen LogP contribution in [-0.4, -0.2) is 61.8 Å². The van der Waals surface area contributed by atoms with Crippen LogP contribution in [0, 0.1) is 5.92 Å². The quantitative estimate of drug-likeness (QED) is 0.663. The van der Waals surface area contributed by atoms with Gasteiger partial charge < -0.3 is 9.64 Å². The number of nitrogens with zero attached hydrogens (tertiary/aromatic N) is 2. The van der Waals surface area contributed by atoms with Crippen molar-refractivity contribution in [2.24, 2.45) is 5.92 Å². The minimum Gasteiger partial charge on any atom is -0.376 e. The highest BCUT2D eigenvalue weighted by molar-refractivity contribution is 4.73. The average molecular weight is 256 g/mol. The highest BCUT2D eigenvalue weighted by Crippen LogP contribution is 2.12. The van der Waals surface area contributed by atoms with Gasteiger partial charge in [-0.25, -0.2) is 0 Å². The topological polar surface area (TPSA) is 15.7 Å². The van der Waals surface area contributed by atoms with E-state index in [-0.39, 0.29) is 0 Å². The van der Waals surface area contributed by atoms with Crippen LogP contribution < -0.4 is 0 Å². The van der Waals surface area contributed by atoms with Crippen LogP contribution in [-0.2, 0) is 4.74 Å². The van der Waals surface area contributed by atoms with Crippen LogP contribution in [0.3, 0.4) is 0 Å². The number of hydrogen-bond acceptors (Lipinski definition) is 3. The summed E-state index contributed by atoms with van der Waals surface area (Å²) in [6, 6.07) is 0.574. The molecule has 0 aromatic heterocycles. The molecule has 2 unspecified atom stereocenters. The van der Waals surface area contributed by atoms with Crippen molar-refractivity contribution < 1.29 is 4.74 Å². The third-order valence-electron chi connectivity index (χ3n) is 3.63. The maximum Gasteiger partial charge on any atom is 0.0674 e. The first kappa shape index (κ1) is 15.9. The van der Waals surface area contributed by atoms with Crippen LogP contribution in [0.5, 0.6) is 0 Å². The van der Waals surface area contributed by atoms with Crippen molar-refractivity contribution in [3.8, 4) is 0 Å². The molecule has 1 aliphatic heterocycles. The van der Waals surface area contributed by atoms with E-state index < -0.39 is 0 Å². The van der Waals surface area contributed by atoms with Crippen LogP contribution in [0.15, 0.2) is 0 Å². The lowest BCUT2D eigenvalue weighted by Gasteiger charge is -2.27. The van der Waals surface area contributed by atoms with Crippen molar-refractivity contribution in [2.45, 2.75) is 52.7 Å². The Morgan fingerprint density at radius 3 is 2.22 bits per heavy atom. The van der Waals surface area contributed by atoms with Gasteiger partial charge in [0.1, 0.15) is 0 Å². The van der Waals surface area contributed by atoms with Crippen LogP contribution in [0.2, 0.25) is 0 Å². The first-order valence-electron chi connectivity index (χ1n) is 7.53. The molecule has 1 aliphatic rings. The van der Waals surface area contributed by atoms with Crippen LogP contribution in [0.1, 0.15) is 40.5 Å². The van der Waals surface area contributed by atoms with Crippen molar-refractivity contribution in [3.05, 3.63) is 0 Å². The fraction of sp³-hybridized carbons (Fsp3) is 1.00. The largest absolute Gasteiger partial charge is 0.376 e. The van der Waals surface area contributed by atoms with E-state index in [0.717, 1.165) is 25.6 Å². The van der Waals surface area contributed by atoms with E-state index >= 15 is 0 Å². The number of likely N-dealkylation sites (N-methyl/N-ethyl adjacent to an activating group) is 1. The monoisotopic (exact) mass is 256 g/mol. The van der Waals surface area contributed by atoms with Gasteiger partial charge in [-0.15, -0.1) is 0 Å². The Labute approximate surface area is 113 Å². The first-order valence-corrected chi connectivity index (χ1v) is 7.53. The predicted octanol–water partition coefficient (Wildman–Crippen LogP) is 2.46. The van der Waals surface area contributed by atoms with Gasteiger partial charge in [0.25, 0.3) is 0 Å². The molecule has 1 fully saturated rings. The summed E-state index contributed by atoms with van der Waals surface area (Å²) in [5.41, 5.74) is 0. The highest BCUT2D eigenvalue weighted by atomic mass is 16.5. The lowest BCUT2D eigenvalue weighted by molar-refractivity contribution is 0.0110. The molecule has 0 bridgehead atoms. The smallest absolute Gasteiger partial charge is 0.0674 e. The minimum absolute atomic E-state index is 0.332. The molecule has 1 heterocycles. The van der Waals surface area contributed by atoms with Gasteiger partial charge in [0, 0.05) is 19.1 Å². The zero-order valence-corrected chi connectivity index (χ0v) is 13.0. The molecule has 2 atom stereocenters. The van der Waals surface area contributed by atoms with E-state index in [4.69, 9.17) is 4.74 Å². The molecule has 1 saturated heterocycles. The maximum atomic E-state index is 5.99. The van der Waals surface area contributed by atoms with E-state index in [1.54, 1.807) is 0 Å². The van der Waals surface area contributed by atoms with Crippen molar-refractivity contribution >= 4 is 0 Å². The van der Waals surface area contributed by atoms with Crippen molar-refractivity contribution in [1.29, 1.82) is 0 Å². The summed E-state index contributed by atoms with van der Waals surface area (Å²) in [6.07, 6.45) is 3.05. The van der Waals surface area contributed by atoms with Gasteiger partial charge in [-0.2, -0.15) is 0 Å². The maximum absolute atomic E-state index is 5.99. The number of ether oxygens (including phenoxy) is 1. The Balaban J connectivity index is 2.13. The lowest BCUT2D eigenvalue weighted by Crippen LogP contribution is -2.37. The number of rotatable bonds is 8. The van der Waals surface area contributed by atoms with Gasteiger partial charge in [0.05, 0.1) is 12.7 Å². The van der Waals surface area contributed by atoms with Gasteiger partial charge in [0.2, 0.25) is 0 Å². The van der Waals surface area contributed by atoms with Crippen LogP contribution in [0.4, 0.5) is 0 Å². The summed E-state index contributed by atoms with van der Waals surface area (Å²) < 4.78 is 5.99. The van der Waals surface area contributed by atoms with E-state index in [9.17, 15) is 0 Å². The molecule has 18 heavy (non-hydrogen) atoms. The first-order chi connectivity index (χ1) is 8.49. The molecule has 3 heteroatoms. The molecular formula is C15H32N2O. The SMILES string of the molecule is CC(C)CN(C)CC(C)OCC(C)N1CCCC1. The third-order valence-corrected chi connectivity index (χ3v) is 3.63. The highest BCUT2D eigenvalue weighted by Gasteiger charge is 2.19. The number of likely N-dealkylation sites (tertiary alicyclic amines) is 1. The third kappa shape index (κ3) is 6.17. The Bertz CT molecular complexity index is 215. The summed E-state index contributed by atoms with van der Waals surface area (Å²) in [6.45, 7) is 14.6. The second-order valence-corrected chi connectivity index (χ2v) is 6.35. The summed E-state index contributed by atoms with van der Waals surface area (Å²) in [5.74, 6) is 0.728. The average Bonchev–Trinajstić information content (AvgIpc) is 2.77. The Morgan fingerprint density at radius 2 is 1.67 bits per heavy atom. The molecule has 0 radical (unpaired) electrons. The molecule has 0 amide bonds. The molecular weight excluding hydrogens is 224 g/mol. The van der Waals surface area contributed by atoms with Crippen LogP contribution >= 0.6 is 0 Å². The van der Waals surface area contributed by atoms with E-state index in [1.165, 1.54) is 25.9 Å². The summed E-state index contributed by atoms with van der Waals surface area (Å²) in [7, 11) is 2.18.